The summed E-state index contributed by atoms with van der Waals surface area (Å²) in [5, 5.41) is 235. The largest absolute Gasteiger partial charge is 0.477 e. The highest BCUT2D eigenvalue weighted by atomic mass is 16.8. The predicted molar refractivity (Wildman–Crippen MR) is 434 cm³/mol. The van der Waals surface area contributed by atoms with E-state index in [0.29, 0.717) is 12.8 Å². The van der Waals surface area contributed by atoms with E-state index >= 15 is 0 Å². The molecule has 24 N–H and O–H groups in total. The summed E-state index contributed by atoms with van der Waals surface area (Å²) in [6.07, 6.45) is -19.8. The Morgan fingerprint density at radius 1 is 0.435 bits per heavy atom. The number of ether oxygens (including phenoxy) is 10. The van der Waals surface area contributed by atoms with E-state index in [1.165, 1.54) is 115 Å². The number of hydrogen-bond donors (Lipinski definition) is 24. The number of carboxylic acids is 3. The van der Waals surface area contributed by atoms with E-state index in [0.717, 1.165) is 85.0 Å². The molecule has 5 heterocycles. The molecule has 5 saturated heterocycles. The maximum atomic E-state index is 13.8. The number of aliphatic hydroxyl groups excluding tert-OH is 17. The minimum absolute atomic E-state index is 0.123. The number of allylic oxidation sites excluding steroid dienone is 1. The van der Waals surface area contributed by atoms with Crippen molar-refractivity contribution >= 4 is 41.5 Å². The number of nitrogens with one attached hydrogen (secondary N) is 4. The van der Waals surface area contributed by atoms with Crippen LogP contribution in [0.4, 0.5) is 0 Å². The van der Waals surface area contributed by atoms with E-state index in [1.807, 2.05) is 0 Å². The molecule has 0 aromatic carbocycles. The van der Waals surface area contributed by atoms with Crippen molar-refractivity contribution in [1.29, 1.82) is 0 Å². The zero-order chi connectivity index (χ0) is 92.0. The second kappa shape index (κ2) is 55.9. The Morgan fingerprint density at radius 3 is 1.19 bits per heavy atom. The average molecular weight is 1790 g/mol. The van der Waals surface area contributed by atoms with Crippen molar-refractivity contribution in [2.75, 3.05) is 39.6 Å². The van der Waals surface area contributed by atoms with Crippen molar-refractivity contribution in [1.82, 2.24) is 21.3 Å². The van der Waals surface area contributed by atoms with E-state index in [1.54, 1.807) is 6.08 Å². The first-order valence-corrected chi connectivity index (χ1v) is 44.3. The second-order valence-electron chi connectivity index (χ2n) is 33.6. The molecule has 41 heteroatoms. The lowest BCUT2D eigenvalue weighted by Gasteiger charge is -2.51. The van der Waals surface area contributed by atoms with Crippen LogP contribution < -0.4 is 21.3 Å². The zero-order valence-corrected chi connectivity index (χ0v) is 72.2. The third-order valence-electron chi connectivity index (χ3n) is 23.5. The molecule has 0 spiro atoms. The highest BCUT2D eigenvalue weighted by Gasteiger charge is 2.64. The maximum absolute atomic E-state index is 13.8. The first-order chi connectivity index (χ1) is 59.0. The molecule has 0 saturated carbocycles. The molecule has 0 aromatic rings. The Kier molecular flexibility index (Phi) is 49.3. The topological polar surface area (TPSA) is 665 Å². The monoisotopic (exact) mass is 1790 g/mol. The molecule has 30 atom stereocenters. The fourth-order valence-corrected chi connectivity index (χ4v) is 16.5. The molecular formula is C83H146N4O37. The Labute approximate surface area is 723 Å². The van der Waals surface area contributed by atoms with Crippen LogP contribution in [0, 0.1) is 0 Å². The quantitative estimate of drug-likeness (QED) is 0.0238. The van der Waals surface area contributed by atoms with Crippen molar-refractivity contribution in [3.8, 4) is 0 Å². The number of hydrogen-bond acceptors (Lipinski definition) is 34. The third kappa shape index (κ3) is 32.8. The molecule has 5 aliphatic rings. The molecule has 5 rings (SSSR count). The van der Waals surface area contributed by atoms with Gasteiger partial charge in [-0.1, -0.05) is 193 Å². The van der Waals surface area contributed by atoms with Crippen LogP contribution in [0.3, 0.4) is 0 Å². The summed E-state index contributed by atoms with van der Waals surface area (Å²) >= 11 is 0. The summed E-state index contributed by atoms with van der Waals surface area (Å²) in [5.74, 6) is -20.6. The number of carbonyl (C=O) groups is 7. The van der Waals surface area contributed by atoms with E-state index in [4.69, 9.17) is 47.4 Å². The minimum Gasteiger partial charge on any atom is -0.477 e. The van der Waals surface area contributed by atoms with Crippen LogP contribution in [0.15, 0.2) is 12.2 Å². The Hall–Kier alpha value is -5.05. The summed E-state index contributed by atoms with van der Waals surface area (Å²) in [5.41, 5.74) is 0. The number of carboxylic acid groups (broad SMARTS) is 3. The second-order valence-corrected chi connectivity index (χ2v) is 33.6. The Bertz CT molecular complexity index is 3140. The van der Waals surface area contributed by atoms with Gasteiger partial charge >= 0.3 is 17.9 Å². The SMILES string of the molecule is CCCCCCCCCCCCC/C=C/[C@@H](O)[C@H](CO[C@@H]1O[C@H](CO)[C@@H](O[C@@H]2O[C@H](CO)[C@H](O)[C@H](O[C@]3(C(=O)O)C[C@H](O)[C@@H](NC(C)=O)C([C@H](O)[C@@H](CO)O[C@]4(C(=O)O)C[C@H](O)[C@@H](NC(C)=O)C([C@H](O)[C@@H](CO)O[C@]5(C(=O)O)C[C@H](O)[C@@H](NC(C)=O)C([C@H](O)[C@H](O)CO)O5)O4)O3)[C@H]2O)[C@H](O)[C@H]1O)NC(=O)CCCCCCCCCCCCCCCCCCC. The van der Waals surface area contributed by atoms with Crippen LogP contribution in [-0.2, 0) is 80.9 Å². The van der Waals surface area contributed by atoms with Gasteiger partial charge in [-0.25, -0.2) is 14.4 Å². The van der Waals surface area contributed by atoms with Crippen molar-refractivity contribution in [3.05, 3.63) is 12.2 Å². The van der Waals surface area contributed by atoms with Crippen LogP contribution in [0.25, 0.3) is 0 Å². The van der Waals surface area contributed by atoms with Gasteiger partial charge in [-0.05, 0) is 19.3 Å². The van der Waals surface area contributed by atoms with Crippen molar-refractivity contribution in [3.63, 3.8) is 0 Å². The van der Waals surface area contributed by atoms with Gasteiger partial charge in [0.2, 0.25) is 23.6 Å². The standard InChI is InChI=1S/C83H146N4O37/c1-6-8-10-12-14-16-18-20-21-22-23-25-27-29-31-33-35-37-60(101)87-50(51(96)36-34-32-30-28-26-24-19-17-15-13-11-9-7-2)46-115-76-69(107)68(106)71(59(45-92)117-76)118-77-70(108)75(65(103)56(42-89)116-77)124-83(80(113)114)40-54(99)63(86-49(5)95)74(123-83)67(105)58(44-91)120-82(79(111)112)39-53(98)62(85-48(4)94)73(122-82)66(104)57(43-90)119-81(78(109)110)38-52(97)61(84-47(3)93)72(121-81)64(102)55(100)41-88/h34,36,50-59,61-77,88-92,96-100,102-108H,6-33,35,37-46H2,1-5H3,(H,84,93)(H,85,94)(H,86,95)(H,87,101)(H,109,110)(H,111,112)(H,113,114)/b36-34+/t50-,51+,52-,53-,54-,55+,56+,57+,58+,59+,61+,62+,63+,64+,65-,66+,67+,68+,69+,70+,71+,72?,73?,74?,75-,76+,77-,81+,82+,83-/m0/s1. The Balaban J connectivity index is 1.34. The molecule has 0 aromatic heterocycles. The van der Waals surface area contributed by atoms with Crippen molar-refractivity contribution in [2.45, 2.75) is 429 Å². The summed E-state index contributed by atoms with van der Waals surface area (Å²) < 4.78 is 58.2. The van der Waals surface area contributed by atoms with Gasteiger partial charge < -0.3 is 171 Å². The lowest BCUT2D eigenvalue weighted by Crippen LogP contribution is -2.72. The van der Waals surface area contributed by atoms with Crippen LogP contribution in [0.2, 0.25) is 0 Å². The van der Waals surface area contributed by atoms with Crippen LogP contribution in [0.1, 0.15) is 247 Å². The maximum Gasteiger partial charge on any atom is 0.364 e. The number of aliphatic carboxylic acids is 3. The van der Waals surface area contributed by atoms with E-state index in [2.05, 4.69) is 35.1 Å². The van der Waals surface area contributed by atoms with E-state index in [-0.39, 0.29) is 6.42 Å². The van der Waals surface area contributed by atoms with Crippen LogP contribution in [-0.4, -0.2) is 366 Å². The summed E-state index contributed by atoms with van der Waals surface area (Å²) in [4.78, 5) is 92.2. The van der Waals surface area contributed by atoms with Gasteiger partial charge in [-0.15, -0.1) is 0 Å². The molecular weight excluding hydrogens is 1640 g/mol. The molecule has 0 aliphatic carbocycles. The average Bonchev–Trinajstić information content (AvgIpc) is 0.751. The molecule has 4 amide bonds. The highest BCUT2D eigenvalue weighted by Crippen LogP contribution is 2.43. The fraction of sp³-hybridized carbons (Fsp3) is 0.892. The van der Waals surface area contributed by atoms with Crippen molar-refractivity contribution < 1.29 is 183 Å². The van der Waals surface area contributed by atoms with Crippen LogP contribution in [0.5, 0.6) is 0 Å². The summed E-state index contributed by atoms with van der Waals surface area (Å²) in [6.45, 7) is -0.0686. The van der Waals surface area contributed by atoms with Gasteiger partial charge in [0.25, 0.3) is 17.4 Å². The number of amides is 4. The molecule has 5 fully saturated rings. The highest BCUT2D eigenvalue weighted by molar-refractivity contribution is 5.79. The molecule has 0 bridgehead atoms. The number of aliphatic hydroxyl groups is 17. The first kappa shape index (κ1) is 109. The van der Waals surface area contributed by atoms with Gasteiger partial charge in [0.05, 0.1) is 88.2 Å². The van der Waals surface area contributed by atoms with Gasteiger partial charge in [0, 0.05) is 46.5 Å². The van der Waals surface area contributed by atoms with Crippen molar-refractivity contribution in [2.24, 2.45) is 0 Å². The van der Waals surface area contributed by atoms with Gasteiger partial charge in [-0.2, -0.15) is 0 Å². The minimum atomic E-state index is -3.57. The lowest BCUT2D eigenvalue weighted by atomic mass is 9.86. The van der Waals surface area contributed by atoms with Gasteiger partial charge in [-0.3, -0.25) is 19.2 Å². The Morgan fingerprint density at radius 2 is 0.806 bits per heavy atom. The number of rotatable bonds is 61. The van der Waals surface area contributed by atoms with Crippen LogP contribution >= 0.6 is 0 Å². The predicted octanol–water partition coefficient (Wildman–Crippen LogP) is -1.71. The fourth-order valence-electron chi connectivity index (χ4n) is 16.5. The summed E-state index contributed by atoms with van der Waals surface area (Å²) in [6, 6.07) is -7.03. The molecule has 124 heavy (non-hydrogen) atoms. The lowest BCUT2D eigenvalue weighted by molar-refractivity contribution is -0.388. The first-order valence-electron chi connectivity index (χ1n) is 44.3. The molecule has 41 nitrogen and oxygen atoms in total. The molecule has 3 unspecified atom stereocenters. The normalized spacial score (nSPS) is 32.4. The third-order valence-corrected chi connectivity index (χ3v) is 23.5. The van der Waals surface area contributed by atoms with Gasteiger partial charge in [0.1, 0.15) is 104 Å². The summed E-state index contributed by atoms with van der Waals surface area (Å²) in [7, 11) is 0. The number of unbranched alkanes of at least 4 members (excludes halogenated alkanes) is 27. The molecule has 720 valence electrons. The van der Waals surface area contributed by atoms with Gasteiger partial charge in [0.15, 0.2) is 12.6 Å². The molecule has 5 aliphatic heterocycles. The smallest absolute Gasteiger partial charge is 0.364 e. The molecule has 0 radical (unpaired) electrons. The zero-order valence-electron chi connectivity index (χ0n) is 72.2. The van der Waals surface area contributed by atoms with E-state index < -0.39 is 283 Å². The van der Waals surface area contributed by atoms with E-state index in [9.17, 15) is 136 Å². The number of carbonyl (C=O) groups excluding carboxylic acids is 4.